The smallest absolute Gasteiger partial charge is 0.169 e. The van der Waals surface area contributed by atoms with Crippen molar-refractivity contribution in [3.63, 3.8) is 0 Å². The predicted octanol–water partition coefficient (Wildman–Crippen LogP) is 4.50. The Morgan fingerprint density at radius 3 is 2.47 bits per heavy atom. The molecule has 0 saturated carbocycles. The zero-order valence-electron chi connectivity index (χ0n) is 10.7. The minimum absolute atomic E-state index is 0.455. The van der Waals surface area contributed by atoms with Gasteiger partial charge in [-0.1, -0.05) is 36.7 Å². The van der Waals surface area contributed by atoms with E-state index < -0.39 is 0 Å². The summed E-state index contributed by atoms with van der Waals surface area (Å²) >= 11 is 6.09. The molecule has 0 amide bonds. The third kappa shape index (κ3) is 3.32. The predicted molar refractivity (Wildman–Crippen MR) is 78.2 cm³/mol. The lowest BCUT2D eigenvalue weighted by Crippen LogP contribution is -1.98. The molecule has 3 nitrogen and oxygen atoms in total. The molecule has 100 valence electrons. The Hall–Kier alpha value is -1.87. The quantitative estimate of drug-likeness (QED) is 0.818. The van der Waals surface area contributed by atoms with Crippen LogP contribution in [0.15, 0.2) is 42.5 Å². The Labute approximate surface area is 117 Å². The lowest BCUT2D eigenvalue weighted by atomic mass is 10.3. The van der Waals surface area contributed by atoms with E-state index >= 15 is 0 Å². The van der Waals surface area contributed by atoms with E-state index in [2.05, 4.69) is 6.92 Å². The molecule has 0 aromatic heterocycles. The van der Waals surface area contributed by atoms with Crippen LogP contribution in [0, 0.1) is 0 Å². The minimum Gasteiger partial charge on any atom is -0.490 e. The molecule has 0 saturated heterocycles. The maximum atomic E-state index is 6.09. The highest BCUT2D eigenvalue weighted by Crippen LogP contribution is 2.38. The summed E-state index contributed by atoms with van der Waals surface area (Å²) in [6.07, 6.45) is 0.933. The normalized spacial score (nSPS) is 10.2. The Kier molecular flexibility index (Phi) is 4.53. The molecule has 2 aromatic carbocycles. The van der Waals surface area contributed by atoms with Gasteiger partial charge in [-0.05, 0) is 30.7 Å². The SMILES string of the molecule is CCCOc1ccccc1Oc1c(N)cccc1Cl. The van der Waals surface area contributed by atoms with Crippen molar-refractivity contribution in [2.45, 2.75) is 13.3 Å². The summed E-state index contributed by atoms with van der Waals surface area (Å²) in [4.78, 5) is 0. The number of ether oxygens (including phenoxy) is 2. The van der Waals surface area contributed by atoms with E-state index in [-0.39, 0.29) is 0 Å². The summed E-state index contributed by atoms with van der Waals surface area (Å²) in [6, 6.07) is 12.7. The number of halogens is 1. The van der Waals surface area contributed by atoms with E-state index in [0.717, 1.165) is 6.42 Å². The van der Waals surface area contributed by atoms with Crippen LogP contribution in [0.5, 0.6) is 17.2 Å². The zero-order chi connectivity index (χ0) is 13.7. The number of anilines is 1. The molecule has 0 heterocycles. The molecule has 0 atom stereocenters. The summed E-state index contributed by atoms with van der Waals surface area (Å²) in [5.74, 6) is 1.75. The van der Waals surface area contributed by atoms with E-state index in [9.17, 15) is 0 Å². The van der Waals surface area contributed by atoms with E-state index in [1.807, 2.05) is 24.3 Å². The van der Waals surface area contributed by atoms with Crippen molar-refractivity contribution in [1.29, 1.82) is 0 Å². The fourth-order valence-corrected chi connectivity index (χ4v) is 1.83. The Morgan fingerprint density at radius 1 is 1.05 bits per heavy atom. The van der Waals surface area contributed by atoms with Crippen LogP contribution in [-0.2, 0) is 0 Å². The van der Waals surface area contributed by atoms with Crippen molar-refractivity contribution in [3.05, 3.63) is 47.5 Å². The van der Waals surface area contributed by atoms with E-state index in [1.54, 1.807) is 18.2 Å². The second-order valence-corrected chi connectivity index (χ2v) is 4.46. The van der Waals surface area contributed by atoms with Gasteiger partial charge in [0.25, 0.3) is 0 Å². The maximum Gasteiger partial charge on any atom is 0.169 e. The number of para-hydroxylation sites is 3. The maximum absolute atomic E-state index is 6.09. The first-order chi connectivity index (χ1) is 9.22. The van der Waals surface area contributed by atoms with Crippen molar-refractivity contribution in [1.82, 2.24) is 0 Å². The molecule has 0 unspecified atom stereocenters. The van der Waals surface area contributed by atoms with Crippen molar-refractivity contribution >= 4 is 17.3 Å². The molecule has 19 heavy (non-hydrogen) atoms. The number of benzene rings is 2. The van der Waals surface area contributed by atoms with Gasteiger partial charge in [0, 0.05) is 0 Å². The van der Waals surface area contributed by atoms with Crippen LogP contribution in [0.25, 0.3) is 0 Å². The highest BCUT2D eigenvalue weighted by atomic mass is 35.5. The first-order valence-electron chi connectivity index (χ1n) is 6.16. The Bertz CT molecular complexity index is 537. The average molecular weight is 278 g/mol. The molecule has 0 fully saturated rings. The number of nitrogen functional groups attached to an aromatic ring is 1. The van der Waals surface area contributed by atoms with Crippen LogP contribution >= 0.6 is 11.6 Å². The van der Waals surface area contributed by atoms with Gasteiger partial charge in [0.05, 0.1) is 17.3 Å². The highest BCUT2D eigenvalue weighted by Gasteiger charge is 2.10. The first kappa shape index (κ1) is 13.6. The third-order valence-electron chi connectivity index (χ3n) is 2.52. The summed E-state index contributed by atoms with van der Waals surface area (Å²) in [5.41, 5.74) is 6.37. The molecule has 2 aromatic rings. The number of hydrogen-bond donors (Lipinski definition) is 1. The molecule has 2 N–H and O–H groups in total. The van der Waals surface area contributed by atoms with E-state index in [1.165, 1.54) is 0 Å². The van der Waals surface area contributed by atoms with Gasteiger partial charge in [-0.2, -0.15) is 0 Å². The van der Waals surface area contributed by atoms with Crippen molar-refractivity contribution < 1.29 is 9.47 Å². The van der Waals surface area contributed by atoms with Crippen LogP contribution in [0.4, 0.5) is 5.69 Å². The van der Waals surface area contributed by atoms with Gasteiger partial charge in [0.15, 0.2) is 17.2 Å². The molecule has 4 heteroatoms. The number of rotatable bonds is 5. The minimum atomic E-state index is 0.455. The second-order valence-electron chi connectivity index (χ2n) is 4.06. The van der Waals surface area contributed by atoms with Gasteiger partial charge in [-0.3, -0.25) is 0 Å². The topological polar surface area (TPSA) is 44.5 Å². The molecule has 2 rings (SSSR count). The summed E-state index contributed by atoms with van der Waals surface area (Å²) < 4.78 is 11.4. The summed E-state index contributed by atoms with van der Waals surface area (Å²) in [5, 5.41) is 0.477. The van der Waals surface area contributed by atoms with Crippen LogP contribution < -0.4 is 15.2 Å². The van der Waals surface area contributed by atoms with E-state index in [0.29, 0.717) is 34.6 Å². The molecule has 0 bridgehead atoms. The van der Waals surface area contributed by atoms with Crippen LogP contribution in [-0.4, -0.2) is 6.61 Å². The molecule has 0 spiro atoms. The van der Waals surface area contributed by atoms with Gasteiger partial charge in [0.2, 0.25) is 0 Å². The first-order valence-corrected chi connectivity index (χ1v) is 6.54. The van der Waals surface area contributed by atoms with Crippen molar-refractivity contribution in [2.24, 2.45) is 0 Å². The zero-order valence-corrected chi connectivity index (χ0v) is 11.5. The summed E-state index contributed by atoms with van der Waals surface area (Å²) in [6.45, 7) is 2.69. The van der Waals surface area contributed by atoms with Crippen molar-refractivity contribution in [2.75, 3.05) is 12.3 Å². The lowest BCUT2D eigenvalue weighted by Gasteiger charge is -2.14. The fraction of sp³-hybridized carbons (Fsp3) is 0.200. The highest BCUT2D eigenvalue weighted by molar-refractivity contribution is 6.32. The Morgan fingerprint density at radius 2 is 1.79 bits per heavy atom. The monoisotopic (exact) mass is 277 g/mol. The molecule has 0 aliphatic carbocycles. The van der Waals surface area contributed by atoms with Crippen LogP contribution in [0.2, 0.25) is 5.02 Å². The van der Waals surface area contributed by atoms with Gasteiger partial charge >= 0.3 is 0 Å². The number of nitrogens with two attached hydrogens (primary N) is 1. The van der Waals surface area contributed by atoms with Gasteiger partial charge in [-0.25, -0.2) is 0 Å². The molecule has 0 aliphatic rings. The fourth-order valence-electron chi connectivity index (χ4n) is 1.61. The molecule has 0 radical (unpaired) electrons. The van der Waals surface area contributed by atoms with Gasteiger partial charge in [-0.15, -0.1) is 0 Å². The molecular formula is C15H16ClNO2. The van der Waals surface area contributed by atoms with Gasteiger partial charge in [0.1, 0.15) is 0 Å². The van der Waals surface area contributed by atoms with Crippen molar-refractivity contribution in [3.8, 4) is 17.2 Å². The second kappa shape index (κ2) is 6.34. The molecule has 0 aliphatic heterocycles. The third-order valence-corrected chi connectivity index (χ3v) is 2.82. The van der Waals surface area contributed by atoms with Crippen LogP contribution in [0.3, 0.4) is 0 Å². The van der Waals surface area contributed by atoms with E-state index in [4.69, 9.17) is 26.8 Å². The lowest BCUT2D eigenvalue weighted by molar-refractivity contribution is 0.302. The summed E-state index contributed by atoms with van der Waals surface area (Å²) in [7, 11) is 0. The largest absolute Gasteiger partial charge is 0.490 e. The Balaban J connectivity index is 2.28. The van der Waals surface area contributed by atoms with Gasteiger partial charge < -0.3 is 15.2 Å². The number of hydrogen-bond acceptors (Lipinski definition) is 3. The van der Waals surface area contributed by atoms with Crippen LogP contribution in [0.1, 0.15) is 13.3 Å². The standard InChI is InChI=1S/C15H16ClNO2/c1-2-10-18-13-8-3-4-9-14(13)19-15-11(16)6-5-7-12(15)17/h3-9H,2,10,17H2,1H3. The molecular weight excluding hydrogens is 262 g/mol. The average Bonchev–Trinajstić information content (AvgIpc) is 2.42.